The van der Waals surface area contributed by atoms with Crippen molar-refractivity contribution >= 4 is 0 Å². The molecule has 0 aliphatic rings. The molecule has 2 nitrogen and oxygen atoms in total. The highest BCUT2D eigenvalue weighted by atomic mass is 19.1. The quantitative estimate of drug-likeness (QED) is 0.857. The fourth-order valence-electron chi connectivity index (χ4n) is 1.39. The maximum Gasteiger partial charge on any atom is 0.132 e. The fraction of sp³-hybridized carbons (Fsp3) is 0.0769. The van der Waals surface area contributed by atoms with Crippen molar-refractivity contribution in [2.75, 3.05) is 0 Å². The van der Waals surface area contributed by atoms with Crippen molar-refractivity contribution < 1.29 is 14.2 Å². The number of ether oxygens (including phenoxy) is 1. The minimum absolute atomic E-state index is 0.106. The summed E-state index contributed by atoms with van der Waals surface area (Å²) in [5.74, 6) is 0.607. The zero-order chi connectivity index (χ0) is 11.4. The molecular formula is C13H11FO2. The van der Waals surface area contributed by atoms with Crippen molar-refractivity contribution in [1.82, 2.24) is 0 Å². The standard InChI is InChI=1S/C13H11FO2/c14-11-5-3-6-12(8-11)16-13-7-2-1-4-10(13)9-15/h1-8,15H,9H2. The Morgan fingerprint density at radius 3 is 2.62 bits per heavy atom. The third-order valence-electron chi connectivity index (χ3n) is 2.17. The molecule has 2 aromatic carbocycles. The highest BCUT2D eigenvalue weighted by Crippen LogP contribution is 2.25. The Morgan fingerprint density at radius 1 is 1.06 bits per heavy atom. The molecule has 0 spiro atoms. The molecule has 0 aliphatic carbocycles. The Hall–Kier alpha value is -1.87. The lowest BCUT2D eigenvalue weighted by Crippen LogP contribution is -1.91. The molecule has 0 aliphatic heterocycles. The molecular weight excluding hydrogens is 207 g/mol. The van der Waals surface area contributed by atoms with Crippen molar-refractivity contribution in [2.45, 2.75) is 6.61 Å². The van der Waals surface area contributed by atoms with E-state index >= 15 is 0 Å². The minimum atomic E-state index is -0.348. The van der Waals surface area contributed by atoms with Gasteiger partial charge in [-0.3, -0.25) is 0 Å². The predicted octanol–water partition coefficient (Wildman–Crippen LogP) is 3.11. The van der Waals surface area contributed by atoms with Gasteiger partial charge in [-0.15, -0.1) is 0 Å². The molecule has 16 heavy (non-hydrogen) atoms. The Labute approximate surface area is 92.9 Å². The topological polar surface area (TPSA) is 29.5 Å². The zero-order valence-electron chi connectivity index (χ0n) is 8.56. The number of halogens is 1. The van der Waals surface area contributed by atoms with Gasteiger partial charge in [-0.25, -0.2) is 4.39 Å². The molecule has 1 N–H and O–H groups in total. The van der Waals surface area contributed by atoms with E-state index in [2.05, 4.69) is 0 Å². The lowest BCUT2D eigenvalue weighted by molar-refractivity contribution is 0.276. The summed E-state index contributed by atoms with van der Waals surface area (Å²) in [5, 5.41) is 9.10. The largest absolute Gasteiger partial charge is 0.457 e. The summed E-state index contributed by atoms with van der Waals surface area (Å²) >= 11 is 0. The number of hydrogen-bond acceptors (Lipinski definition) is 2. The second-order valence-corrected chi connectivity index (χ2v) is 3.33. The Kier molecular flexibility index (Phi) is 3.17. The summed E-state index contributed by atoms with van der Waals surface area (Å²) < 4.78 is 18.4. The summed E-state index contributed by atoms with van der Waals surface area (Å²) in [6.45, 7) is -0.106. The molecule has 3 heteroatoms. The molecule has 0 heterocycles. The zero-order valence-corrected chi connectivity index (χ0v) is 8.56. The number of aliphatic hydroxyl groups is 1. The van der Waals surface area contributed by atoms with Crippen LogP contribution in [0.2, 0.25) is 0 Å². The normalized spacial score (nSPS) is 10.1. The average Bonchev–Trinajstić information content (AvgIpc) is 2.30. The maximum absolute atomic E-state index is 12.9. The van der Waals surface area contributed by atoms with Gasteiger partial charge in [-0.05, 0) is 18.2 Å². The second-order valence-electron chi connectivity index (χ2n) is 3.33. The molecule has 0 atom stereocenters. The van der Waals surface area contributed by atoms with Crippen LogP contribution in [0.3, 0.4) is 0 Å². The first-order chi connectivity index (χ1) is 7.79. The van der Waals surface area contributed by atoms with Gasteiger partial charge in [0.25, 0.3) is 0 Å². The van der Waals surface area contributed by atoms with Gasteiger partial charge >= 0.3 is 0 Å². The van der Waals surface area contributed by atoms with Crippen molar-refractivity contribution in [2.24, 2.45) is 0 Å². The van der Waals surface area contributed by atoms with Gasteiger partial charge in [0.05, 0.1) is 6.61 Å². The van der Waals surface area contributed by atoms with E-state index in [0.717, 1.165) is 0 Å². The molecule has 0 saturated heterocycles. The van der Waals surface area contributed by atoms with Crippen LogP contribution in [0.5, 0.6) is 11.5 Å². The lowest BCUT2D eigenvalue weighted by Gasteiger charge is -2.09. The molecule has 0 unspecified atom stereocenters. The van der Waals surface area contributed by atoms with Crippen molar-refractivity contribution in [1.29, 1.82) is 0 Å². The molecule has 2 aromatic rings. The monoisotopic (exact) mass is 218 g/mol. The van der Waals surface area contributed by atoms with Crippen LogP contribution >= 0.6 is 0 Å². The molecule has 0 bridgehead atoms. The van der Waals surface area contributed by atoms with Gasteiger partial charge in [-0.1, -0.05) is 24.3 Å². The van der Waals surface area contributed by atoms with Crippen LogP contribution in [-0.2, 0) is 6.61 Å². The molecule has 0 amide bonds. The summed E-state index contributed by atoms with van der Waals surface area (Å²) in [6.07, 6.45) is 0. The molecule has 0 radical (unpaired) electrons. The van der Waals surface area contributed by atoms with Gasteiger partial charge in [0, 0.05) is 11.6 Å². The first kappa shape index (κ1) is 10.6. The first-order valence-electron chi connectivity index (χ1n) is 4.92. The van der Waals surface area contributed by atoms with Crippen LogP contribution in [0, 0.1) is 5.82 Å². The third kappa shape index (κ3) is 2.38. The van der Waals surface area contributed by atoms with Crippen LogP contribution in [0.4, 0.5) is 4.39 Å². The fourth-order valence-corrected chi connectivity index (χ4v) is 1.39. The Balaban J connectivity index is 2.26. The minimum Gasteiger partial charge on any atom is -0.457 e. The number of para-hydroxylation sites is 1. The highest BCUT2D eigenvalue weighted by Gasteiger charge is 2.03. The summed E-state index contributed by atoms with van der Waals surface area (Å²) in [7, 11) is 0. The van der Waals surface area contributed by atoms with Gasteiger partial charge in [0.15, 0.2) is 0 Å². The summed E-state index contributed by atoms with van der Waals surface area (Å²) in [6, 6.07) is 13.0. The first-order valence-corrected chi connectivity index (χ1v) is 4.92. The molecule has 2 rings (SSSR count). The number of benzene rings is 2. The average molecular weight is 218 g/mol. The van der Waals surface area contributed by atoms with Crippen LogP contribution in [-0.4, -0.2) is 5.11 Å². The van der Waals surface area contributed by atoms with Gasteiger partial charge < -0.3 is 9.84 Å². The SMILES string of the molecule is OCc1ccccc1Oc1cccc(F)c1. The van der Waals surface area contributed by atoms with Crippen molar-refractivity contribution in [3.8, 4) is 11.5 Å². The Bertz CT molecular complexity index is 483. The smallest absolute Gasteiger partial charge is 0.132 e. The molecule has 0 saturated carbocycles. The van der Waals surface area contributed by atoms with Crippen LogP contribution in [0.1, 0.15) is 5.56 Å². The van der Waals surface area contributed by atoms with Gasteiger partial charge in [0.1, 0.15) is 17.3 Å². The van der Waals surface area contributed by atoms with E-state index in [4.69, 9.17) is 9.84 Å². The Morgan fingerprint density at radius 2 is 1.88 bits per heavy atom. The second kappa shape index (κ2) is 4.77. The number of rotatable bonds is 3. The van der Waals surface area contributed by atoms with E-state index < -0.39 is 0 Å². The number of aliphatic hydroxyl groups excluding tert-OH is 1. The van der Waals surface area contributed by atoms with E-state index in [1.54, 1.807) is 30.3 Å². The van der Waals surface area contributed by atoms with Crippen LogP contribution in [0.15, 0.2) is 48.5 Å². The van der Waals surface area contributed by atoms with E-state index in [1.165, 1.54) is 12.1 Å². The summed E-state index contributed by atoms with van der Waals surface area (Å²) in [4.78, 5) is 0. The van der Waals surface area contributed by atoms with Crippen LogP contribution in [0.25, 0.3) is 0 Å². The van der Waals surface area contributed by atoms with E-state index in [9.17, 15) is 4.39 Å². The molecule has 0 fully saturated rings. The molecule has 0 aromatic heterocycles. The third-order valence-corrected chi connectivity index (χ3v) is 2.17. The van der Waals surface area contributed by atoms with E-state index in [0.29, 0.717) is 17.1 Å². The number of hydrogen-bond donors (Lipinski definition) is 1. The maximum atomic E-state index is 12.9. The van der Waals surface area contributed by atoms with E-state index in [-0.39, 0.29) is 12.4 Å². The van der Waals surface area contributed by atoms with Crippen LogP contribution < -0.4 is 4.74 Å². The summed E-state index contributed by atoms with van der Waals surface area (Å²) in [5.41, 5.74) is 0.673. The lowest BCUT2D eigenvalue weighted by atomic mass is 10.2. The van der Waals surface area contributed by atoms with Gasteiger partial charge in [0.2, 0.25) is 0 Å². The van der Waals surface area contributed by atoms with Crippen molar-refractivity contribution in [3.63, 3.8) is 0 Å². The molecule has 82 valence electrons. The van der Waals surface area contributed by atoms with E-state index in [1.807, 2.05) is 6.07 Å². The predicted molar refractivity (Wildman–Crippen MR) is 58.8 cm³/mol. The highest BCUT2D eigenvalue weighted by molar-refractivity contribution is 5.37. The van der Waals surface area contributed by atoms with Crippen molar-refractivity contribution in [3.05, 3.63) is 59.9 Å². The van der Waals surface area contributed by atoms with Gasteiger partial charge in [-0.2, -0.15) is 0 Å².